The quantitative estimate of drug-likeness (QED) is 0.140. The predicted molar refractivity (Wildman–Crippen MR) is 91.8 cm³/mol. The summed E-state index contributed by atoms with van der Waals surface area (Å²) in [6.07, 6.45) is -26.3. The molecule has 1 aliphatic heterocycles. The fourth-order valence-electron chi connectivity index (χ4n) is 3.70. The summed E-state index contributed by atoms with van der Waals surface area (Å²) in [5.74, 6) is 0. The van der Waals surface area contributed by atoms with E-state index in [0.717, 1.165) is 0 Å². The largest absolute Gasteiger partial charge is 0.473 e. The normalized spacial score (nSPS) is 59.2. The fraction of sp³-hybridized carbons (Fsp3) is 1.00. The predicted octanol–water partition coefficient (Wildman–Crippen LogP) is -4.95. The summed E-state index contributed by atoms with van der Waals surface area (Å²) in [7, 11) is -10.8. The second kappa shape index (κ2) is 8.92. The van der Waals surface area contributed by atoms with E-state index in [1.807, 2.05) is 0 Å². The molecular formula is C13H24O16P2. The van der Waals surface area contributed by atoms with Crippen molar-refractivity contribution in [2.24, 2.45) is 0 Å². The minimum atomic E-state index is -5.42. The molecule has 2 saturated carbocycles. The van der Waals surface area contributed by atoms with Gasteiger partial charge in [0, 0.05) is 6.42 Å². The van der Waals surface area contributed by atoms with Crippen LogP contribution in [0.25, 0.3) is 0 Å². The van der Waals surface area contributed by atoms with Gasteiger partial charge in [0.2, 0.25) is 0 Å². The summed E-state index contributed by atoms with van der Waals surface area (Å²) in [5, 5.41) is 80.0. The molecule has 13 unspecified atom stereocenters. The van der Waals surface area contributed by atoms with Crippen molar-refractivity contribution in [1.29, 1.82) is 0 Å². The Bertz CT molecular complexity index is 751. The number of fused-ring (bicyclic) bond motifs is 2. The van der Waals surface area contributed by atoms with Crippen LogP contribution in [0.5, 0.6) is 0 Å². The van der Waals surface area contributed by atoms with E-state index in [-0.39, 0.29) is 0 Å². The Hall–Kier alpha value is -0.100. The van der Waals surface area contributed by atoms with Crippen LogP contribution in [0.4, 0.5) is 0 Å². The fourth-order valence-corrected chi connectivity index (χ4v) is 6.02. The lowest BCUT2D eigenvalue weighted by molar-refractivity contribution is -0.223. The van der Waals surface area contributed by atoms with Crippen molar-refractivity contribution in [3.05, 3.63) is 0 Å². The van der Waals surface area contributed by atoms with Gasteiger partial charge in [0.15, 0.2) is 0 Å². The standard InChI is InChI=1S/C13H24O16P2/c14-2-1-3(15)10-11(7(19)4(2)16)27-31(24,25)29-13-9(21)6(18)5(17)8(20)12(13)28-30(22,23)26-10/h2-21H,1H2,(H,22,23)(H,24,25)/t2?,3?,4?,5?,6?,7?,8?,9?,10?,11?,12-,13?/m1/s1. The molecule has 0 aromatic rings. The molecule has 1 saturated heterocycles. The first-order valence-corrected chi connectivity index (χ1v) is 12.0. The minimum absolute atomic E-state index is 0.725. The third kappa shape index (κ3) is 5.05. The Morgan fingerprint density at radius 1 is 0.484 bits per heavy atom. The van der Waals surface area contributed by atoms with E-state index in [1.54, 1.807) is 0 Å². The highest BCUT2D eigenvalue weighted by Gasteiger charge is 2.58. The van der Waals surface area contributed by atoms with Crippen LogP contribution in [0.3, 0.4) is 0 Å². The Morgan fingerprint density at radius 2 is 0.806 bits per heavy atom. The lowest BCUT2D eigenvalue weighted by Gasteiger charge is -2.45. The molecule has 3 rings (SSSR count). The van der Waals surface area contributed by atoms with E-state index >= 15 is 0 Å². The van der Waals surface area contributed by atoms with Crippen LogP contribution in [-0.2, 0) is 27.2 Å². The Kier molecular flexibility index (Phi) is 7.35. The molecule has 31 heavy (non-hydrogen) atoms. The van der Waals surface area contributed by atoms with Gasteiger partial charge in [0.25, 0.3) is 0 Å². The maximum atomic E-state index is 12.5. The number of aliphatic hydroxyl groups is 8. The molecule has 0 amide bonds. The topological polar surface area (TPSA) is 273 Å². The molecule has 18 heteroatoms. The summed E-state index contributed by atoms with van der Waals surface area (Å²) < 4.78 is 44.0. The van der Waals surface area contributed by atoms with Gasteiger partial charge < -0.3 is 50.6 Å². The van der Waals surface area contributed by atoms with Crippen LogP contribution in [0.15, 0.2) is 0 Å². The first-order chi connectivity index (χ1) is 14.1. The monoisotopic (exact) mass is 498 g/mol. The zero-order valence-corrected chi connectivity index (χ0v) is 17.2. The summed E-state index contributed by atoms with van der Waals surface area (Å²) in [6, 6.07) is 0. The smallest absolute Gasteiger partial charge is 0.390 e. The van der Waals surface area contributed by atoms with Gasteiger partial charge in [0.05, 0.1) is 12.2 Å². The molecule has 0 spiro atoms. The first-order valence-electron chi connectivity index (χ1n) is 8.99. The van der Waals surface area contributed by atoms with Gasteiger partial charge >= 0.3 is 15.6 Å². The van der Waals surface area contributed by atoms with Crippen LogP contribution in [0, 0.1) is 0 Å². The lowest BCUT2D eigenvalue weighted by Crippen LogP contribution is -2.64. The third-order valence-electron chi connectivity index (χ3n) is 5.33. The van der Waals surface area contributed by atoms with Crippen molar-refractivity contribution < 1.29 is 77.9 Å². The summed E-state index contributed by atoms with van der Waals surface area (Å²) >= 11 is 0. The number of hydrogen-bond donors (Lipinski definition) is 10. The molecule has 2 aliphatic carbocycles. The van der Waals surface area contributed by atoms with E-state index in [1.165, 1.54) is 0 Å². The highest BCUT2D eigenvalue weighted by molar-refractivity contribution is 7.48. The van der Waals surface area contributed by atoms with Gasteiger partial charge in [-0.1, -0.05) is 0 Å². The maximum absolute atomic E-state index is 12.5. The van der Waals surface area contributed by atoms with Gasteiger partial charge in [-0.15, -0.1) is 0 Å². The Morgan fingerprint density at radius 3 is 1.23 bits per heavy atom. The van der Waals surface area contributed by atoms with E-state index in [2.05, 4.69) is 0 Å². The first kappa shape index (κ1) is 25.5. The van der Waals surface area contributed by atoms with Crippen LogP contribution >= 0.6 is 15.6 Å². The third-order valence-corrected chi connectivity index (χ3v) is 7.37. The van der Waals surface area contributed by atoms with Gasteiger partial charge in [-0.05, 0) is 0 Å². The molecule has 182 valence electrons. The van der Waals surface area contributed by atoms with Crippen molar-refractivity contribution in [2.45, 2.75) is 79.7 Å². The molecule has 14 atom stereocenters. The average Bonchev–Trinajstić information content (AvgIpc) is 2.73. The van der Waals surface area contributed by atoms with Gasteiger partial charge in [-0.25, -0.2) is 9.13 Å². The van der Waals surface area contributed by atoms with Crippen LogP contribution in [-0.4, -0.2) is 124 Å². The van der Waals surface area contributed by atoms with Crippen molar-refractivity contribution in [2.75, 3.05) is 0 Å². The SMILES string of the molecule is O=P1(O)OC2C(O)C(O)C(O)CC(O)C2OP(=O)(O)O[C@@H]2C(O)C(O)C(O)C(O)C2O1. The molecule has 0 radical (unpaired) electrons. The maximum Gasteiger partial charge on any atom is 0.473 e. The molecule has 0 aromatic heterocycles. The molecule has 16 nitrogen and oxygen atoms in total. The minimum Gasteiger partial charge on any atom is -0.390 e. The lowest BCUT2D eigenvalue weighted by atomic mass is 9.85. The van der Waals surface area contributed by atoms with E-state index in [9.17, 15) is 59.8 Å². The molecular weight excluding hydrogens is 474 g/mol. The number of aliphatic hydroxyl groups excluding tert-OH is 8. The second-order valence-corrected chi connectivity index (χ2v) is 10.2. The highest BCUT2D eigenvalue weighted by atomic mass is 31.2. The summed E-state index contributed by atoms with van der Waals surface area (Å²) in [4.78, 5) is 20.2. The van der Waals surface area contributed by atoms with Crippen molar-refractivity contribution >= 4 is 15.6 Å². The molecule has 1 heterocycles. The Labute approximate surface area is 174 Å². The van der Waals surface area contributed by atoms with Crippen LogP contribution in [0.1, 0.15) is 6.42 Å². The van der Waals surface area contributed by atoms with E-state index in [4.69, 9.17) is 18.1 Å². The van der Waals surface area contributed by atoms with Crippen LogP contribution < -0.4 is 0 Å². The highest BCUT2D eigenvalue weighted by Crippen LogP contribution is 2.56. The van der Waals surface area contributed by atoms with Crippen LogP contribution in [0.2, 0.25) is 0 Å². The number of rotatable bonds is 0. The number of hydrogen-bond acceptors (Lipinski definition) is 14. The molecule has 10 N–H and O–H groups in total. The van der Waals surface area contributed by atoms with Gasteiger partial charge in [-0.3, -0.25) is 18.1 Å². The second-order valence-electron chi connectivity index (χ2n) is 7.53. The molecule has 0 bridgehead atoms. The zero-order chi connectivity index (χ0) is 23.5. The van der Waals surface area contributed by atoms with E-state index < -0.39 is 95.3 Å². The van der Waals surface area contributed by atoms with E-state index in [0.29, 0.717) is 0 Å². The number of phosphoric acid groups is 2. The zero-order valence-electron chi connectivity index (χ0n) is 15.5. The van der Waals surface area contributed by atoms with Gasteiger partial charge in [0.1, 0.15) is 61.0 Å². The van der Waals surface area contributed by atoms with Crippen molar-refractivity contribution in [3.8, 4) is 0 Å². The molecule has 3 aliphatic rings. The van der Waals surface area contributed by atoms with Crippen molar-refractivity contribution in [3.63, 3.8) is 0 Å². The molecule has 0 aromatic carbocycles. The van der Waals surface area contributed by atoms with Gasteiger partial charge in [-0.2, -0.15) is 0 Å². The summed E-state index contributed by atoms with van der Waals surface area (Å²) in [5.41, 5.74) is 0. The summed E-state index contributed by atoms with van der Waals surface area (Å²) in [6.45, 7) is 0. The molecule has 3 fully saturated rings. The average molecular weight is 498 g/mol. The number of phosphoric ester groups is 2. The Balaban J connectivity index is 2.05. The van der Waals surface area contributed by atoms with Crippen molar-refractivity contribution in [1.82, 2.24) is 0 Å².